The molecule has 1 N–H and O–H groups in total. The van der Waals surface area contributed by atoms with Crippen molar-refractivity contribution in [2.75, 3.05) is 14.1 Å². The van der Waals surface area contributed by atoms with Gasteiger partial charge >= 0.3 is 5.97 Å². The van der Waals surface area contributed by atoms with E-state index in [1.807, 2.05) is 0 Å². The summed E-state index contributed by atoms with van der Waals surface area (Å²) in [7, 11) is -0.559. The van der Waals surface area contributed by atoms with Gasteiger partial charge in [0.05, 0.1) is 10.5 Å². The van der Waals surface area contributed by atoms with Gasteiger partial charge in [0.25, 0.3) is 5.91 Å². The first-order valence-electron chi connectivity index (χ1n) is 9.02. The number of rotatable bonds is 6. The zero-order valence-electron chi connectivity index (χ0n) is 17.2. The largest absolute Gasteiger partial charge is 0.444 e. The molecule has 0 heterocycles. The Hall–Kier alpha value is -2.71. The smallest absolute Gasteiger partial charge is 0.339 e. The minimum absolute atomic E-state index is 0.0351. The number of hydrogen-bond donors (Lipinski definition) is 1. The van der Waals surface area contributed by atoms with Crippen molar-refractivity contribution in [2.45, 2.75) is 37.3 Å². The summed E-state index contributed by atoms with van der Waals surface area (Å²) < 4.78 is 32.8. The summed E-state index contributed by atoms with van der Waals surface area (Å²) in [6.45, 7) is 5.21. The van der Waals surface area contributed by atoms with Gasteiger partial charge in [-0.2, -0.15) is 0 Å². The fourth-order valence-electron chi connectivity index (χ4n) is 2.53. The Morgan fingerprint density at radius 3 is 2.00 bits per heavy atom. The van der Waals surface area contributed by atoms with Crippen LogP contribution < -0.4 is 4.72 Å². The maximum absolute atomic E-state index is 12.6. The molecule has 0 saturated heterocycles. The maximum atomic E-state index is 12.6. The highest BCUT2D eigenvalue weighted by molar-refractivity contribution is 7.89. The molecular weight excluding hydrogens is 392 g/mol. The fourth-order valence-corrected chi connectivity index (χ4v) is 3.95. The molecular formula is C21H26N2O5S. The molecule has 8 heteroatoms. The summed E-state index contributed by atoms with van der Waals surface area (Å²) in [4.78, 5) is 26.5. The lowest BCUT2D eigenvalue weighted by molar-refractivity contribution is -0.138. The van der Waals surface area contributed by atoms with E-state index in [2.05, 4.69) is 4.72 Å². The zero-order chi connectivity index (χ0) is 21.8. The van der Waals surface area contributed by atoms with Gasteiger partial charge in [-0.25, -0.2) is 17.9 Å². The van der Waals surface area contributed by atoms with Gasteiger partial charge in [-0.05, 0) is 45.0 Å². The summed E-state index contributed by atoms with van der Waals surface area (Å²) in [5.74, 6) is -1.10. The molecule has 2 aromatic rings. The van der Waals surface area contributed by atoms with Crippen LogP contribution in [0.1, 0.15) is 42.8 Å². The van der Waals surface area contributed by atoms with Crippen molar-refractivity contribution in [1.82, 2.24) is 9.62 Å². The van der Waals surface area contributed by atoms with Crippen molar-refractivity contribution in [1.29, 1.82) is 0 Å². The van der Waals surface area contributed by atoms with Crippen LogP contribution in [0.2, 0.25) is 0 Å². The lowest BCUT2D eigenvalue weighted by Crippen LogP contribution is -2.40. The minimum Gasteiger partial charge on any atom is -0.444 e. The van der Waals surface area contributed by atoms with Crippen molar-refractivity contribution in [3.8, 4) is 0 Å². The van der Waals surface area contributed by atoms with E-state index in [9.17, 15) is 18.0 Å². The van der Waals surface area contributed by atoms with Gasteiger partial charge in [0, 0.05) is 25.2 Å². The number of sulfonamides is 1. The highest BCUT2D eigenvalue weighted by Gasteiger charge is 2.27. The molecule has 29 heavy (non-hydrogen) atoms. The van der Waals surface area contributed by atoms with Crippen molar-refractivity contribution in [2.24, 2.45) is 0 Å². The fraction of sp³-hybridized carbons (Fsp3) is 0.333. The Bertz CT molecular complexity index is 962. The van der Waals surface area contributed by atoms with E-state index in [1.54, 1.807) is 65.2 Å². The van der Waals surface area contributed by atoms with Crippen LogP contribution in [0.3, 0.4) is 0 Å². The molecule has 2 aromatic carbocycles. The number of nitrogens with one attached hydrogen (secondary N) is 1. The van der Waals surface area contributed by atoms with E-state index in [-0.39, 0.29) is 16.4 Å². The second-order valence-corrected chi connectivity index (χ2v) is 9.49. The van der Waals surface area contributed by atoms with Crippen LogP contribution in [0.15, 0.2) is 59.5 Å². The van der Waals surface area contributed by atoms with Crippen molar-refractivity contribution in [3.63, 3.8) is 0 Å². The SMILES string of the molecule is CN(C)C(=O)C(OC(=O)c1ccc(S(=O)(=O)NC(C)(C)C)cc1)c1ccccc1. The third-order valence-corrected chi connectivity index (χ3v) is 5.61. The van der Waals surface area contributed by atoms with Crippen LogP contribution in [0.4, 0.5) is 0 Å². The van der Waals surface area contributed by atoms with Crippen molar-refractivity contribution >= 4 is 21.9 Å². The Balaban J connectivity index is 2.24. The number of benzene rings is 2. The van der Waals surface area contributed by atoms with Gasteiger partial charge < -0.3 is 9.64 Å². The summed E-state index contributed by atoms with van der Waals surface area (Å²) in [6.07, 6.45) is -1.09. The molecule has 1 atom stereocenters. The Kier molecular flexibility index (Phi) is 6.81. The van der Waals surface area contributed by atoms with Crippen LogP contribution >= 0.6 is 0 Å². The van der Waals surface area contributed by atoms with Crippen molar-refractivity contribution < 1.29 is 22.7 Å². The lowest BCUT2D eigenvalue weighted by Gasteiger charge is -2.21. The molecule has 0 aliphatic heterocycles. The van der Waals surface area contributed by atoms with Gasteiger partial charge in [-0.1, -0.05) is 30.3 Å². The topological polar surface area (TPSA) is 92.8 Å². The Morgan fingerprint density at radius 2 is 1.52 bits per heavy atom. The first kappa shape index (κ1) is 22.6. The predicted octanol–water partition coefficient (Wildman–Crippen LogP) is 2.75. The zero-order valence-corrected chi connectivity index (χ0v) is 18.0. The van der Waals surface area contributed by atoms with E-state index in [1.165, 1.54) is 29.2 Å². The molecule has 0 saturated carbocycles. The molecule has 2 rings (SSSR count). The number of nitrogens with zero attached hydrogens (tertiary/aromatic N) is 1. The molecule has 0 radical (unpaired) electrons. The number of likely N-dealkylation sites (N-methyl/N-ethyl adjacent to an activating group) is 1. The second-order valence-electron chi connectivity index (χ2n) is 7.81. The number of amides is 1. The summed E-state index contributed by atoms with van der Waals surface area (Å²) in [5, 5.41) is 0. The number of carbonyl (C=O) groups is 2. The van der Waals surface area contributed by atoms with E-state index in [4.69, 9.17) is 4.74 Å². The maximum Gasteiger partial charge on any atom is 0.339 e. The van der Waals surface area contributed by atoms with E-state index >= 15 is 0 Å². The highest BCUT2D eigenvalue weighted by atomic mass is 32.2. The summed E-state index contributed by atoms with van der Waals surface area (Å²) in [6, 6.07) is 14.1. The lowest BCUT2D eigenvalue weighted by atomic mass is 10.1. The van der Waals surface area contributed by atoms with Crippen LogP contribution in [0.5, 0.6) is 0 Å². The molecule has 0 aliphatic rings. The monoisotopic (exact) mass is 418 g/mol. The number of ether oxygens (including phenoxy) is 1. The molecule has 156 valence electrons. The summed E-state index contributed by atoms with van der Waals surface area (Å²) in [5.41, 5.74) is 0.0617. The number of carbonyl (C=O) groups excluding carboxylic acids is 2. The van der Waals surface area contributed by atoms with Crippen LogP contribution in [0, 0.1) is 0 Å². The number of hydrogen-bond acceptors (Lipinski definition) is 5. The van der Waals surface area contributed by atoms with Crippen LogP contribution in [-0.4, -0.2) is 44.8 Å². The average molecular weight is 419 g/mol. The molecule has 0 fully saturated rings. The van der Waals surface area contributed by atoms with Gasteiger partial charge in [0.1, 0.15) is 0 Å². The average Bonchev–Trinajstić information content (AvgIpc) is 2.64. The van der Waals surface area contributed by atoms with Crippen LogP contribution in [-0.2, 0) is 19.6 Å². The molecule has 7 nitrogen and oxygen atoms in total. The van der Waals surface area contributed by atoms with Crippen molar-refractivity contribution in [3.05, 3.63) is 65.7 Å². The quantitative estimate of drug-likeness (QED) is 0.728. The molecule has 1 amide bonds. The molecule has 0 bridgehead atoms. The first-order chi connectivity index (χ1) is 13.4. The minimum atomic E-state index is -3.71. The molecule has 1 unspecified atom stereocenters. The number of esters is 1. The van der Waals surface area contributed by atoms with E-state index in [0.717, 1.165) is 0 Å². The van der Waals surface area contributed by atoms with Gasteiger partial charge in [-0.15, -0.1) is 0 Å². The normalized spacial score (nSPS) is 12.9. The highest BCUT2D eigenvalue weighted by Crippen LogP contribution is 2.22. The van der Waals surface area contributed by atoms with E-state index < -0.39 is 27.6 Å². The summed E-state index contributed by atoms with van der Waals surface area (Å²) >= 11 is 0. The Morgan fingerprint density at radius 1 is 0.966 bits per heavy atom. The standard InChI is InChI=1S/C21H26N2O5S/c1-21(2,3)22-29(26,27)17-13-11-16(12-14-17)20(25)28-18(19(24)23(4)5)15-9-7-6-8-10-15/h6-14,18,22H,1-5H3. The third-order valence-electron chi connectivity index (χ3n) is 3.83. The van der Waals surface area contributed by atoms with Gasteiger partial charge in [0.2, 0.25) is 16.1 Å². The predicted molar refractivity (Wildman–Crippen MR) is 110 cm³/mol. The molecule has 0 aliphatic carbocycles. The van der Waals surface area contributed by atoms with Gasteiger partial charge in [0.15, 0.2) is 0 Å². The molecule has 0 aromatic heterocycles. The molecule has 0 spiro atoms. The van der Waals surface area contributed by atoms with Gasteiger partial charge in [-0.3, -0.25) is 4.79 Å². The Labute approximate surface area is 171 Å². The first-order valence-corrected chi connectivity index (χ1v) is 10.5. The third kappa shape index (κ3) is 6.13. The second kappa shape index (κ2) is 8.75. The van der Waals surface area contributed by atoms with Crippen LogP contribution in [0.25, 0.3) is 0 Å². The van der Waals surface area contributed by atoms with E-state index in [0.29, 0.717) is 5.56 Å².